The predicted molar refractivity (Wildman–Crippen MR) is 130 cm³/mol. The lowest BCUT2D eigenvalue weighted by atomic mass is 9.75. The fourth-order valence-electron chi connectivity index (χ4n) is 5.16. The number of anilines is 1. The first-order valence-electron chi connectivity index (χ1n) is 12.0. The second kappa shape index (κ2) is 9.60. The molecule has 5 rings (SSSR count). The maximum atomic E-state index is 14.4. The molecule has 0 saturated heterocycles. The zero-order valence-corrected chi connectivity index (χ0v) is 20.0. The van der Waals surface area contributed by atoms with Crippen molar-refractivity contribution in [3.8, 4) is 11.5 Å². The Labute approximate surface area is 207 Å². The molecule has 186 valence electrons. The molecule has 0 saturated carbocycles. The molecule has 2 amide bonds. The highest BCUT2D eigenvalue weighted by Crippen LogP contribution is 2.48. The van der Waals surface area contributed by atoms with Crippen LogP contribution in [0.25, 0.3) is 0 Å². The number of carbonyl (C=O) groups is 2. The maximum absolute atomic E-state index is 14.4. The molecule has 2 unspecified atom stereocenters. The van der Waals surface area contributed by atoms with E-state index in [1.165, 1.54) is 6.07 Å². The molecule has 0 aliphatic carbocycles. The van der Waals surface area contributed by atoms with Crippen LogP contribution in [0.3, 0.4) is 0 Å². The van der Waals surface area contributed by atoms with Crippen molar-refractivity contribution in [2.24, 2.45) is 0 Å². The minimum absolute atomic E-state index is 0.125. The van der Waals surface area contributed by atoms with E-state index in [1.54, 1.807) is 29.2 Å². The molecule has 1 N–H and O–H groups in total. The minimum Gasteiger partial charge on any atom is -0.490 e. The van der Waals surface area contributed by atoms with Crippen LogP contribution in [0.1, 0.15) is 52.9 Å². The standard InChI is InChI=1S/C28H26F2N2O4/c1-3-35-23-13-16-11-12-32-26(20(16)15-24(23)36-4-2)25(18-7-5-6-8-19(18)28(32)34)27(33)31-22-10-9-17(29)14-21(22)30/h5-10,13-15,25-26H,3-4,11-12H2,1-2H3,(H,31,33). The molecule has 36 heavy (non-hydrogen) atoms. The second-order valence-electron chi connectivity index (χ2n) is 8.74. The van der Waals surface area contributed by atoms with Crippen molar-refractivity contribution in [3.63, 3.8) is 0 Å². The van der Waals surface area contributed by atoms with Gasteiger partial charge < -0.3 is 19.7 Å². The number of halogens is 2. The Kier molecular flexibility index (Phi) is 6.35. The first-order chi connectivity index (χ1) is 17.4. The molecule has 3 aromatic rings. The summed E-state index contributed by atoms with van der Waals surface area (Å²) in [6, 6.07) is 13.1. The number of amides is 2. The van der Waals surface area contributed by atoms with Crippen LogP contribution in [0.2, 0.25) is 0 Å². The number of benzene rings is 3. The number of hydrogen-bond donors (Lipinski definition) is 1. The normalized spacial score (nSPS) is 18.1. The zero-order valence-electron chi connectivity index (χ0n) is 20.0. The molecule has 0 fully saturated rings. The highest BCUT2D eigenvalue weighted by Gasteiger charge is 2.46. The first kappa shape index (κ1) is 23.8. The van der Waals surface area contributed by atoms with E-state index in [4.69, 9.17) is 9.47 Å². The molecule has 0 radical (unpaired) electrons. The number of fused-ring (bicyclic) bond motifs is 4. The van der Waals surface area contributed by atoms with Gasteiger partial charge in [0.15, 0.2) is 11.5 Å². The van der Waals surface area contributed by atoms with E-state index < -0.39 is 29.5 Å². The summed E-state index contributed by atoms with van der Waals surface area (Å²) in [5.74, 6) is -1.93. The first-order valence-corrected chi connectivity index (χ1v) is 12.0. The molecule has 0 spiro atoms. The van der Waals surface area contributed by atoms with Crippen LogP contribution in [0.15, 0.2) is 54.6 Å². The van der Waals surface area contributed by atoms with Crippen LogP contribution < -0.4 is 14.8 Å². The van der Waals surface area contributed by atoms with Crippen LogP contribution >= 0.6 is 0 Å². The molecule has 3 aromatic carbocycles. The molecule has 6 nitrogen and oxygen atoms in total. The Hall–Kier alpha value is -3.94. The third-order valence-electron chi connectivity index (χ3n) is 6.66. The summed E-state index contributed by atoms with van der Waals surface area (Å²) in [5, 5.41) is 2.62. The van der Waals surface area contributed by atoms with Crippen LogP contribution in [0, 0.1) is 11.6 Å². The summed E-state index contributed by atoms with van der Waals surface area (Å²) < 4.78 is 39.5. The number of hydrogen-bond acceptors (Lipinski definition) is 4. The molecule has 2 heterocycles. The van der Waals surface area contributed by atoms with E-state index in [2.05, 4.69) is 5.32 Å². The topological polar surface area (TPSA) is 67.9 Å². The summed E-state index contributed by atoms with van der Waals surface area (Å²) in [6.07, 6.45) is 0.590. The van der Waals surface area contributed by atoms with Gasteiger partial charge in [0, 0.05) is 18.2 Å². The lowest BCUT2D eigenvalue weighted by Crippen LogP contribution is -2.49. The van der Waals surface area contributed by atoms with Gasteiger partial charge >= 0.3 is 0 Å². The van der Waals surface area contributed by atoms with Crippen molar-refractivity contribution in [1.82, 2.24) is 4.90 Å². The van der Waals surface area contributed by atoms with E-state index in [0.29, 0.717) is 48.8 Å². The Morgan fingerprint density at radius 1 is 1.00 bits per heavy atom. The largest absolute Gasteiger partial charge is 0.490 e. The lowest BCUT2D eigenvalue weighted by Gasteiger charge is -2.45. The van der Waals surface area contributed by atoms with Gasteiger partial charge in [-0.3, -0.25) is 9.59 Å². The molecule has 0 aromatic heterocycles. The van der Waals surface area contributed by atoms with E-state index in [-0.39, 0.29) is 11.6 Å². The molecular formula is C28H26F2N2O4. The van der Waals surface area contributed by atoms with Gasteiger partial charge in [-0.25, -0.2) is 8.78 Å². The fraction of sp³-hybridized carbons (Fsp3) is 0.286. The van der Waals surface area contributed by atoms with Gasteiger partial charge in [-0.2, -0.15) is 0 Å². The highest BCUT2D eigenvalue weighted by atomic mass is 19.1. The molecule has 2 atom stereocenters. The van der Waals surface area contributed by atoms with Gasteiger partial charge in [0.2, 0.25) is 5.91 Å². The summed E-state index contributed by atoms with van der Waals surface area (Å²) in [4.78, 5) is 28.9. The van der Waals surface area contributed by atoms with Crippen LogP contribution in [-0.4, -0.2) is 36.5 Å². The van der Waals surface area contributed by atoms with Gasteiger partial charge in [-0.1, -0.05) is 18.2 Å². The van der Waals surface area contributed by atoms with E-state index in [1.807, 2.05) is 26.0 Å². The third kappa shape index (κ3) is 4.06. The smallest absolute Gasteiger partial charge is 0.254 e. The third-order valence-corrected chi connectivity index (χ3v) is 6.66. The van der Waals surface area contributed by atoms with Crippen molar-refractivity contribution in [2.75, 3.05) is 25.1 Å². The Morgan fingerprint density at radius 2 is 1.72 bits per heavy atom. The van der Waals surface area contributed by atoms with Crippen LogP contribution in [0.4, 0.5) is 14.5 Å². The van der Waals surface area contributed by atoms with Crippen molar-refractivity contribution in [3.05, 3.63) is 88.5 Å². The van der Waals surface area contributed by atoms with Gasteiger partial charge in [0.25, 0.3) is 5.91 Å². The molecule has 2 aliphatic rings. The highest BCUT2D eigenvalue weighted by molar-refractivity contribution is 6.04. The van der Waals surface area contributed by atoms with Gasteiger partial charge in [-0.05, 0) is 67.3 Å². The summed E-state index contributed by atoms with van der Waals surface area (Å²) >= 11 is 0. The summed E-state index contributed by atoms with van der Waals surface area (Å²) in [6.45, 7) is 5.06. The van der Waals surface area contributed by atoms with Crippen molar-refractivity contribution in [1.29, 1.82) is 0 Å². The van der Waals surface area contributed by atoms with Crippen molar-refractivity contribution < 1.29 is 27.8 Å². The quantitative estimate of drug-likeness (QED) is 0.511. The molecular weight excluding hydrogens is 466 g/mol. The predicted octanol–water partition coefficient (Wildman–Crippen LogP) is 5.24. The van der Waals surface area contributed by atoms with Gasteiger partial charge in [0.05, 0.1) is 30.9 Å². The Bertz CT molecular complexity index is 1340. The minimum atomic E-state index is -0.871. The average molecular weight is 493 g/mol. The van der Waals surface area contributed by atoms with Crippen molar-refractivity contribution >= 4 is 17.5 Å². The van der Waals surface area contributed by atoms with E-state index in [0.717, 1.165) is 23.3 Å². The fourth-order valence-corrected chi connectivity index (χ4v) is 5.16. The second-order valence-corrected chi connectivity index (χ2v) is 8.74. The van der Waals surface area contributed by atoms with E-state index in [9.17, 15) is 18.4 Å². The molecule has 0 bridgehead atoms. The summed E-state index contributed by atoms with van der Waals surface area (Å²) in [7, 11) is 0. The SMILES string of the molecule is CCOc1cc2c(cc1OCC)C1C(C(=O)Nc3ccc(F)cc3F)c3ccccc3C(=O)N1CC2. The number of nitrogens with one attached hydrogen (secondary N) is 1. The van der Waals surface area contributed by atoms with Crippen molar-refractivity contribution in [2.45, 2.75) is 32.2 Å². The number of ether oxygens (including phenoxy) is 2. The van der Waals surface area contributed by atoms with E-state index >= 15 is 0 Å². The van der Waals surface area contributed by atoms with Crippen LogP contribution in [-0.2, 0) is 11.2 Å². The number of nitrogens with zero attached hydrogens (tertiary/aromatic N) is 1. The molecule has 2 aliphatic heterocycles. The maximum Gasteiger partial charge on any atom is 0.254 e. The number of rotatable bonds is 6. The van der Waals surface area contributed by atoms with Gasteiger partial charge in [0.1, 0.15) is 11.6 Å². The monoisotopic (exact) mass is 492 g/mol. The number of carbonyl (C=O) groups excluding carboxylic acids is 2. The Balaban J connectivity index is 1.64. The lowest BCUT2D eigenvalue weighted by molar-refractivity contribution is -0.119. The zero-order chi connectivity index (χ0) is 25.4. The Morgan fingerprint density at radius 3 is 2.44 bits per heavy atom. The summed E-state index contributed by atoms with van der Waals surface area (Å²) in [5.41, 5.74) is 2.62. The van der Waals surface area contributed by atoms with Gasteiger partial charge in [-0.15, -0.1) is 0 Å². The average Bonchev–Trinajstić information content (AvgIpc) is 2.86. The van der Waals surface area contributed by atoms with Crippen LogP contribution in [0.5, 0.6) is 11.5 Å². The molecule has 8 heteroatoms.